The van der Waals surface area contributed by atoms with Gasteiger partial charge in [-0.2, -0.15) is 13.2 Å². The van der Waals surface area contributed by atoms with Gasteiger partial charge in [0.2, 0.25) is 5.91 Å². The standard InChI is InChI=1S/C15H19F3N2O.ClH/c16-15(17,18)12-7-9-20(10-8-12)14(21)6-5-11-3-1-2-4-13(11)19;/h1-4,12H,5-10,19H2;1H. The molecule has 2 N–H and O–H groups in total. The van der Waals surface area contributed by atoms with E-state index in [9.17, 15) is 18.0 Å². The summed E-state index contributed by atoms with van der Waals surface area (Å²) < 4.78 is 37.7. The molecule has 1 aromatic carbocycles. The fourth-order valence-electron chi connectivity index (χ4n) is 2.62. The summed E-state index contributed by atoms with van der Waals surface area (Å²) in [6.45, 7) is 0.376. The fourth-order valence-corrected chi connectivity index (χ4v) is 2.62. The summed E-state index contributed by atoms with van der Waals surface area (Å²) in [4.78, 5) is 13.6. The maximum atomic E-state index is 12.6. The molecule has 124 valence electrons. The van der Waals surface area contributed by atoms with Crippen LogP contribution in [0.2, 0.25) is 0 Å². The number of likely N-dealkylation sites (tertiary alicyclic amines) is 1. The van der Waals surface area contributed by atoms with Crippen molar-refractivity contribution in [1.82, 2.24) is 4.90 Å². The van der Waals surface area contributed by atoms with Crippen LogP contribution < -0.4 is 5.73 Å². The zero-order chi connectivity index (χ0) is 15.5. The molecule has 0 radical (unpaired) electrons. The second-order valence-corrected chi connectivity index (χ2v) is 5.40. The Bertz CT molecular complexity index is 500. The number of piperidine rings is 1. The third-order valence-electron chi connectivity index (χ3n) is 3.97. The molecule has 1 amide bonds. The SMILES string of the molecule is Cl.Nc1ccccc1CCC(=O)N1CCC(C(F)(F)F)CC1. The van der Waals surface area contributed by atoms with Gasteiger partial charge in [-0.15, -0.1) is 12.4 Å². The number of aryl methyl sites for hydroxylation is 1. The van der Waals surface area contributed by atoms with Gasteiger partial charge >= 0.3 is 6.18 Å². The fraction of sp³-hybridized carbons (Fsp3) is 0.533. The number of benzene rings is 1. The topological polar surface area (TPSA) is 46.3 Å². The highest BCUT2D eigenvalue weighted by atomic mass is 35.5. The molecule has 3 nitrogen and oxygen atoms in total. The van der Waals surface area contributed by atoms with Crippen LogP contribution in [0.3, 0.4) is 0 Å². The van der Waals surface area contributed by atoms with Crippen LogP contribution in [0.1, 0.15) is 24.8 Å². The van der Waals surface area contributed by atoms with Gasteiger partial charge in [0.15, 0.2) is 0 Å². The monoisotopic (exact) mass is 336 g/mol. The molecule has 0 aliphatic carbocycles. The summed E-state index contributed by atoms with van der Waals surface area (Å²) in [5, 5.41) is 0. The quantitative estimate of drug-likeness (QED) is 0.860. The van der Waals surface area contributed by atoms with Crippen molar-refractivity contribution in [2.24, 2.45) is 5.92 Å². The predicted molar refractivity (Wildman–Crippen MR) is 81.8 cm³/mol. The summed E-state index contributed by atoms with van der Waals surface area (Å²) in [6, 6.07) is 7.31. The van der Waals surface area contributed by atoms with E-state index in [-0.39, 0.29) is 50.7 Å². The van der Waals surface area contributed by atoms with Gasteiger partial charge in [0.05, 0.1) is 5.92 Å². The van der Waals surface area contributed by atoms with E-state index >= 15 is 0 Å². The van der Waals surface area contributed by atoms with E-state index in [1.807, 2.05) is 18.2 Å². The molecule has 0 spiro atoms. The number of rotatable bonds is 3. The summed E-state index contributed by atoms with van der Waals surface area (Å²) >= 11 is 0. The van der Waals surface area contributed by atoms with Crippen molar-refractivity contribution < 1.29 is 18.0 Å². The summed E-state index contributed by atoms with van der Waals surface area (Å²) in [6.07, 6.45) is -3.34. The third-order valence-corrected chi connectivity index (χ3v) is 3.97. The minimum Gasteiger partial charge on any atom is -0.399 e. The molecule has 0 unspecified atom stereocenters. The van der Waals surface area contributed by atoms with E-state index in [1.165, 1.54) is 4.90 Å². The lowest BCUT2D eigenvalue weighted by molar-refractivity contribution is -0.186. The molecular formula is C15H20ClF3N2O. The Hall–Kier alpha value is -1.43. The number of carbonyl (C=O) groups excluding carboxylic acids is 1. The Kier molecular flexibility index (Phi) is 6.53. The first-order valence-corrected chi connectivity index (χ1v) is 7.06. The molecule has 2 rings (SSSR count). The van der Waals surface area contributed by atoms with Crippen molar-refractivity contribution in [3.05, 3.63) is 29.8 Å². The minimum atomic E-state index is -4.15. The normalized spacial score (nSPS) is 16.2. The van der Waals surface area contributed by atoms with E-state index in [0.717, 1.165) is 5.56 Å². The number of amides is 1. The average Bonchev–Trinajstić information content (AvgIpc) is 2.45. The van der Waals surface area contributed by atoms with Crippen molar-refractivity contribution in [2.45, 2.75) is 31.9 Å². The molecule has 22 heavy (non-hydrogen) atoms. The number of halogens is 4. The van der Waals surface area contributed by atoms with E-state index in [1.54, 1.807) is 6.07 Å². The Morgan fingerprint density at radius 2 is 1.82 bits per heavy atom. The number of hydrogen-bond acceptors (Lipinski definition) is 2. The maximum Gasteiger partial charge on any atom is 0.391 e. The molecule has 1 fully saturated rings. The van der Waals surface area contributed by atoms with Crippen molar-refractivity contribution >= 4 is 24.0 Å². The second kappa shape index (κ2) is 7.72. The van der Waals surface area contributed by atoms with Crippen LogP contribution in [0.4, 0.5) is 18.9 Å². The largest absolute Gasteiger partial charge is 0.399 e. The van der Waals surface area contributed by atoms with Crippen LogP contribution in [0.15, 0.2) is 24.3 Å². The molecule has 0 aromatic heterocycles. The molecule has 7 heteroatoms. The highest BCUT2D eigenvalue weighted by Gasteiger charge is 2.41. The van der Waals surface area contributed by atoms with Gasteiger partial charge in [-0.05, 0) is 30.9 Å². The van der Waals surface area contributed by atoms with Gasteiger partial charge in [0.1, 0.15) is 0 Å². The lowest BCUT2D eigenvalue weighted by atomic mass is 9.96. The number of hydrogen-bond donors (Lipinski definition) is 1. The molecule has 1 aromatic rings. The van der Waals surface area contributed by atoms with Crippen LogP contribution in [0.5, 0.6) is 0 Å². The highest BCUT2D eigenvalue weighted by Crippen LogP contribution is 2.34. The zero-order valence-corrected chi connectivity index (χ0v) is 12.9. The number of nitrogens with zero attached hydrogens (tertiary/aromatic N) is 1. The lowest BCUT2D eigenvalue weighted by Crippen LogP contribution is -2.42. The molecule has 1 aliphatic rings. The van der Waals surface area contributed by atoms with Crippen molar-refractivity contribution in [1.29, 1.82) is 0 Å². The molecule has 1 saturated heterocycles. The minimum absolute atomic E-state index is 0. The summed E-state index contributed by atoms with van der Waals surface area (Å²) in [7, 11) is 0. The van der Waals surface area contributed by atoms with Gasteiger partial charge in [0.25, 0.3) is 0 Å². The van der Waals surface area contributed by atoms with Crippen LogP contribution in [0.25, 0.3) is 0 Å². The number of anilines is 1. The Morgan fingerprint density at radius 3 is 2.36 bits per heavy atom. The second-order valence-electron chi connectivity index (χ2n) is 5.40. The Labute approximate surface area is 134 Å². The number of para-hydroxylation sites is 1. The average molecular weight is 337 g/mol. The van der Waals surface area contributed by atoms with Gasteiger partial charge in [0, 0.05) is 25.2 Å². The van der Waals surface area contributed by atoms with E-state index in [2.05, 4.69) is 0 Å². The van der Waals surface area contributed by atoms with Crippen LogP contribution in [-0.2, 0) is 11.2 Å². The Morgan fingerprint density at radius 1 is 1.23 bits per heavy atom. The van der Waals surface area contributed by atoms with Crippen LogP contribution in [0, 0.1) is 5.92 Å². The first-order chi connectivity index (χ1) is 9.88. The van der Waals surface area contributed by atoms with Gasteiger partial charge in [-0.1, -0.05) is 18.2 Å². The molecule has 0 atom stereocenters. The van der Waals surface area contributed by atoms with E-state index in [0.29, 0.717) is 12.1 Å². The first kappa shape index (κ1) is 18.6. The summed E-state index contributed by atoms with van der Waals surface area (Å²) in [5.74, 6) is -1.37. The highest BCUT2D eigenvalue weighted by molar-refractivity contribution is 5.85. The van der Waals surface area contributed by atoms with Gasteiger partial charge < -0.3 is 10.6 Å². The van der Waals surface area contributed by atoms with Crippen LogP contribution in [-0.4, -0.2) is 30.1 Å². The zero-order valence-electron chi connectivity index (χ0n) is 12.1. The first-order valence-electron chi connectivity index (χ1n) is 7.06. The number of carbonyl (C=O) groups is 1. The third kappa shape index (κ3) is 4.80. The van der Waals surface area contributed by atoms with Gasteiger partial charge in [-0.3, -0.25) is 4.79 Å². The molecule has 1 aliphatic heterocycles. The van der Waals surface area contributed by atoms with Crippen molar-refractivity contribution in [2.75, 3.05) is 18.8 Å². The molecule has 0 bridgehead atoms. The predicted octanol–water partition coefficient (Wildman–Crippen LogP) is 3.42. The van der Waals surface area contributed by atoms with Crippen LogP contribution >= 0.6 is 12.4 Å². The summed E-state index contributed by atoms with van der Waals surface area (Å²) in [5.41, 5.74) is 7.34. The maximum absolute atomic E-state index is 12.6. The van der Waals surface area contributed by atoms with Crippen molar-refractivity contribution in [3.63, 3.8) is 0 Å². The molecular weight excluding hydrogens is 317 g/mol. The van der Waals surface area contributed by atoms with Crippen molar-refractivity contribution in [3.8, 4) is 0 Å². The lowest BCUT2D eigenvalue weighted by Gasteiger charge is -2.33. The molecule has 0 saturated carbocycles. The van der Waals surface area contributed by atoms with E-state index < -0.39 is 12.1 Å². The number of nitrogen functional groups attached to an aromatic ring is 1. The Balaban J connectivity index is 0.00000242. The smallest absolute Gasteiger partial charge is 0.391 e. The van der Waals surface area contributed by atoms with Gasteiger partial charge in [-0.25, -0.2) is 0 Å². The molecule has 1 heterocycles. The number of alkyl halides is 3. The van der Waals surface area contributed by atoms with E-state index in [4.69, 9.17) is 5.73 Å². The number of nitrogens with two attached hydrogens (primary N) is 1.